The van der Waals surface area contributed by atoms with Crippen LogP contribution in [-0.4, -0.2) is 37.1 Å². The molecule has 0 spiro atoms. The van der Waals surface area contributed by atoms with Gasteiger partial charge >= 0.3 is 5.97 Å². The lowest BCUT2D eigenvalue weighted by atomic mass is 9.76. The topological polar surface area (TPSA) is 90.2 Å². The molecule has 2 unspecified atom stereocenters. The third kappa shape index (κ3) is 5.18. The van der Waals surface area contributed by atoms with E-state index in [1.807, 2.05) is 30.3 Å². The summed E-state index contributed by atoms with van der Waals surface area (Å²) in [5, 5.41) is 8.78. The number of benzene rings is 2. The number of nitrogens with zero attached hydrogens (tertiary/aromatic N) is 1. The molecule has 3 rings (SSSR count). The van der Waals surface area contributed by atoms with Crippen LogP contribution in [0.15, 0.2) is 63.9 Å². The molecule has 0 radical (unpaired) electrons. The summed E-state index contributed by atoms with van der Waals surface area (Å²) < 4.78 is 44.2. The molecule has 0 amide bonds. The molecular weight excluding hydrogens is 525 g/mol. The van der Waals surface area contributed by atoms with Crippen molar-refractivity contribution < 1.29 is 28.1 Å². The predicted molar refractivity (Wildman–Crippen MR) is 136 cm³/mol. The number of hydrogen-bond donors (Lipinski definition) is 3. The molecule has 1 heterocycles. The average Bonchev–Trinajstić information content (AvgIpc) is 2.89. The van der Waals surface area contributed by atoms with Crippen molar-refractivity contribution in [3.63, 3.8) is 0 Å². The number of ether oxygens (including phenoxy) is 1. The molecule has 9 heteroatoms. The summed E-state index contributed by atoms with van der Waals surface area (Å²) >= 11 is 3.44. The maximum atomic E-state index is 13.5. The summed E-state index contributed by atoms with van der Waals surface area (Å²) in [5.74, 6) is -3.24. The first-order valence-electron chi connectivity index (χ1n) is 11.2. The Balaban J connectivity index is 2.23. The number of hydrogen-bond acceptors (Lipinski definition) is 5. The second-order valence-electron chi connectivity index (χ2n) is 8.57. The lowest BCUT2D eigenvalue weighted by molar-refractivity contribution is -0.134. The molecule has 2 atom stereocenters. The molecule has 3 N–H and O–H groups in total. The van der Waals surface area contributed by atoms with E-state index in [0.717, 1.165) is 36.8 Å². The smallest absolute Gasteiger partial charge is 0.368 e. The van der Waals surface area contributed by atoms with Gasteiger partial charge in [0.2, 0.25) is 5.83 Å². The van der Waals surface area contributed by atoms with Crippen LogP contribution in [0.25, 0.3) is 0 Å². The SMILES string of the molecule is CCCCC1(CC)CC(c2ccccc2)c2cc(Br)c(O/C=C(\F)C(=O)O)cc2S(O)(O)N1C. The first-order chi connectivity index (χ1) is 16.1. The summed E-state index contributed by atoms with van der Waals surface area (Å²) in [5.41, 5.74) is 1.34. The molecule has 0 saturated heterocycles. The standard InChI is InChI=1S/C25H31BrFNO5S/c1-4-6-12-25(5-2)15-19(17-10-8-7-9-11-17)18-13-20(26)22(33-16-21(27)24(29)30)14-23(18)34(31,32)28(25)3/h7-11,13-14,16,19,31-32H,4-6,12,15H2,1-3H3,(H,29,30)/b21-16-. The minimum atomic E-state index is -3.44. The zero-order valence-electron chi connectivity index (χ0n) is 19.5. The van der Waals surface area contributed by atoms with Gasteiger partial charge in [-0.25, -0.2) is 4.79 Å². The molecular formula is C25H31BrFNO5S. The van der Waals surface area contributed by atoms with Crippen molar-refractivity contribution in [3.05, 3.63) is 70.2 Å². The number of fused-ring (bicyclic) bond motifs is 1. The van der Waals surface area contributed by atoms with Crippen molar-refractivity contribution >= 4 is 32.7 Å². The van der Waals surface area contributed by atoms with E-state index in [0.29, 0.717) is 17.2 Å². The van der Waals surface area contributed by atoms with Crippen LogP contribution in [0, 0.1) is 0 Å². The van der Waals surface area contributed by atoms with E-state index < -0.39 is 28.1 Å². The largest absolute Gasteiger partial charge is 0.476 e. The van der Waals surface area contributed by atoms with Gasteiger partial charge < -0.3 is 9.84 Å². The molecule has 0 aromatic heterocycles. The third-order valence-electron chi connectivity index (χ3n) is 6.72. The van der Waals surface area contributed by atoms with Crippen LogP contribution in [0.5, 0.6) is 5.75 Å². The number of unbranched alkanes of at least 4 members (excludes halogenated alkanes) is 1. The van der Waals surface area contributed by atoms with Crippen LogP contribution < -0.4 is 4.74 Å². The van der Waals surface area contributed by atoms with Gasteiger partial charge in [-0.1, -0.05) is 57.0 Å². The Morgan fingerprint density at radius 1 is 1.29 bits per heavy atom. The lowest BCUT2D eigenvalue weighted by Gasteiger charge is -2.50. The van der Waals surface area contributed by atoms with Crippen molar-refractivity contribution in [2.24, 2.45) is 0 Å². The molecule has 0 aliphatic carbocycles. The molecule has 1 aliphatic heterocycles. The van der Waals surface area contributed by atoms with Gasteiger partial charge in [0.05, 0.1) is 9.37 Å². The number of carboxylic acids is 1. The van der Waals surface area contributed by atoms with Gasteiger partial charge in [0, 0.05) is 24.6 Å². The van der Waals surface area contributed by atoms with Crippen molar-refractivity contribution in [1.82, 2.24) is 4.31 Å². The van der Waals surface area contributed by atoms with Crippen LogP contribution in [0.4, 0.5) is 4.39 Å². The number of carbonyl (C=O) groups is 1. The van der Waals surface area contributed by atoms with E-state index in [1.54, 1.807) is 17.4 Å². The fourth-order valence-corrected chi connectivity index (χ4v) is 7.01. The van der Waals surface area contributed by atoms with Crippen molar-refractivity contribution in [1.29, 1.82) is 0 Å². The number of aliphatic carboxylic acids is 1. The molecule has 6 nitrogen and oxygen atoms in total. The van der Waals surface area contributed by atoms with Crippen LogP contribution in [0.2, 0.25) is 0 Å². The Morgan fingerprint density at radius 2 is 1.97 bits per heavy atom. The van der Waals surface area contributed by atoms with Crippen molar-refractivity contribution in [2.45, 2.75) is 62.3 Å². The highest BCUT2D eigenvalue weighted by atomic mass is 79.9. The van der Waals surface area contributed by atoms with Crippen LogP contribution in [0.3, 0.4) is 0 Å². The fourth-order valence-electron chi connectivity index (χ4n) is 4.64. The molecule has 0 bridgehead atoms. The van der Waals surface area contributed by atoms with E-state index >= 15 is 0 Å². The molecule has 2 aromatic rings. The quantitative estimate of drug-likeness (QED) is 0.230. The van der Waals surface area contributed by atoms with Gasteiger partial charge in [-0.05, 0) is 52.4 Å². The van der Waals surface area contributed by atoms with Gasteiger partial charge in [0.15, 0.2) is 0 Å². The highest BCUT2D eigenvalue weighted by Crippen LogP contribution is 2.63. The normalized spacial score (nSPS) is 23.6. The molecule has 34 heavy (non-hydrogen) atoms. The summed E-state index contributed by atoms with van der Waals surface area (Å²) in [6, 6.07) is 13.2. The van der Waals surface area contributed by atoms with Crippen LogP contribution in [0.1, 0.15) is 63.0 Å². The minimum Gasteiger partial charge on any atom is -0.476 e. The summed E-state index contributed by atoms with van der Waals surface area (Å²) in [4.78, 5) is 11.1. The van der Waals surface area contributed by atoms with Crippen molar-refractivity contribution in [3.8, 4) is 5.75 Å². The molecule has 1 aliphatic rings. The Hall–Kier alpha value is -1.91. The lowest BCUT2D eigenvalue weighted by Crippen LogP contribution is -2.46. The fraction of sp³-hybridized carbons (Fsp3) is 0.400. The molecule has 2 aromatic carbocycles. The molecule has 0 fully saturated rings. The predicted octanol–water partition coefficient (Wildman–Crippen LogP) is 7.55. The molecule has 186 valence electrons. The van der Waals surface area contributed by atoms with E-state index in [2.05, 4.69) is 29.8 Å². The zero-order chi connectivity index (χ0) is 25.1. The molecule has 0 saturated carbocycles. The van der Waals surface area contributed by atoms with E-state index in [4.69, 9.17) is 9.84 Å². The van der Waals surface area contributed by atoms with E-state index in [1.165, 1.54) is 6.07 Å². The second-order valence-corrected chi connectivity index (χ2v) is 11.5. The van der Waals surface area contributed by atoms with Gasteiger partial charge in [-0.2, -0.15) is 8.70 Å². The Kier molecular flexibility index (Phi) is 8.47. The van der Waals surface area contributed by atoms with Gasteiger partial charge in [-0.15, -0.1) is 10.8 Å². The Bertz CT molecular complexity index is 1060. The number of carboxylic acid groups (broad SMARTS) is 1. The third-order valence-corrected chi connectivity index (χ3v) is 9.43. The monoisotopic (exact) mass is 555 g/mol. The average molecular weight is 556 g/mol. The summed E-state index contributed by atoms with van der Waals surface area (Å²) in [6.07, 6.45) is 4.65. The van der Waals surface area contributed by atoms with Crippen LogP contribution >= 0.6 is 26.7 Å². The Labute approximate surface area is 210 Å². The highest BCUT2D eigenvalue weighted by Gasteiger charge is 2.47. The Morgan fingerprint density at radius 3 is 2.56 bits per heavy atom. The number of halogens is 2. The second kappa shape index (κ2) is 10.8. The van der Waals surface area contributed by atoms with E-state index in [9.17, 15) is 18.3 Å². The first kappa shape index (κ1) is 26.7. The first-order valence-corrected chi connectivity index (χ1v) is 13.5. The van der Waals surface area contributed by atoms with Gasteiger partial charge in [0.25, 0.3) is 0 Å². The number of rotatable bonds is 8. The summed E-state index contributed by atoms with van der Waals surface area (Å²) in [7, 11) is -1.69. The van der Waals surface area contributed by atoms with Crippen molar-refractivity contribution in [2.75, 3.05) is 7.05 Å². The van der Waals surface area contributed by atoms with Crippen LogP contribution in [-0.2, 0) is 4.79 Å². The van der Waals surface area contributed by atoms with E-state index in [-0.39, 0.29) is 16.6 Å². The summed E-state index contributed by atoms with van der Waals surface area (Å²) in [6.45, 7) is 4.19. The van der Waals surface area contributed by atoms with Gasteiger partial charge in [-0.3, -0.25) is 9.11 Å². The highest BCUT2D eigenvalue weighted by molar-refractivity contribution is 9.10. The zero-order valence-corrected chi connectivity index (χ0v) is 21.9. The maximum absolute atomic E-state index is 13.5. The maximum Gasteiger partial charge on any atom is 0.368 e. The van der Waals surface area contributed by atoms with Gasteiger partial charge in [0.1, 0.15) is 12.0 Å². The minimum absolute atomic E-state index is 0.0906.